The lowest BCUT2D eigenvalue weighted by Crippen LogP contribution is -2.26. The van der Waals surface area contributed by atoms with Crippen molar-refractivity contribution in [2.75, 3.05) is 20.2 Å². The summed E-state index contributed by atoms with van der Waals surface area (Å²) in [5, 5.41) is 14.7. The Morgan fingerprint density at radius 3 is 2.87 bits per heavy atom. The molecule has 1 N–H and O–H groups in total. The molecule has 0 spiro atoms. The van der Waals surface area contributed by atoms with Gasteiger partial charge in [0.2, 0.25) is 10.8 Å². The molecule has 0 amide bonds. The monoisotopic (exact) mass is 330 g/mol. The van der Waals surface area contributed by atoms with Crippen molar-refractivity contribution < 1.29 is 9.84 Å². The molecule has 1 atom stereocenters. The van der Waals surface area contributed by atoms with Crippen LogP contribution in [0.3, 0.4) is 0 Å². The minimum Gasteiger partial charge on any atom is -0.497 e. The van der Waals surface area contributed by atoms with Crippen LogP contribution in [0.15, 0.2) is 30.6 Å². The molecule has 3 aromatic rings. The van der Waals surface area contributed by atoms with Gasteiger partial charge in [-0.25, -0.2) is 4.98 Å². The summed E-state index contributed by atoms with van der Waals surface area (Å²) in [5.74, 6) is 1.01. The summed E-state index contributed by atoms with van der Waals surface area (Å²) in [7, 11) is 1.67. The Kier molecular flexibility index (Phi) is 3.66. The normalized spacial score (nSPS) is 16.9. The predicted octanol–water partition coefficient (Wildman–Crippen LogP) is 2.69. The van der Waals surface area contributed by atoms with Crippen LogP contribution in [0, 0.1) is 0 Å². The van der Waals surface area contributed by atoms with Crippen LogP contribution >= 0.6 is 11.3 Å². The Bertz CT molecular complexity index is 822. The zero-order valence-electron chi connectivity index (χ0n) is 12.8. The van der Waals surface area contributed by atoms with Gasteiger partial charge in [-0.1, -0.05) is 23.5 Å². The van der Waals surface area contributed by atoms with Gasteiger partial charge in [0.25, 0.3) is 0 Å². The number of methoxy groups -OCH3 is 1. The Morgan fingerprint density at radius 1 is 1.30 bits per heavy atom. The number of hydrogen-bond donors (Lipinski definition) is 1. The fourth-order valence-electron chi connectivity index (χ4n) is 3.21. The second-order valence-corrected chi connectivity index (χ2v) is 6.68. The van der Waals surface area contributed by atoms with Gasteiger partial charge in [-0.05, 0) is 43.6 Å². The third-order valence-electron chi connectivity index (χ3n) is 4.30. The van der Waals surface area contributed by atoms with Gasteiger partial charge in [0, 0.05) is 0 Å². The summed E-state index contributed by atoms with van der Waals surface area (Å²) in [6.07, 6.45) is 3.83. The summed E-state index contributed by atoms with van der Waals surface area (Å²) in [4.78, 5) is 8.20. The summed E-state index contributed by atoms with van der Waals surface area (Å²) in [6, 6.07) is 8.05. The van der Waals surface area contributed by atoms with E-state index in [0.29, 0.717) is 4.96 Å². The summed E-state index contributed by atoms with van der Waals surface area (Å²) < 4.78 is 6.87. The van der Waals surface area contributed by atoms with Crippen LogP contribution in [0.5, 0.6) is 11.6 Å². The van der Waals surface area contributed by atoms with E-state index < -0.39 is 0 Å². The molecular weight excluding hydrogens is 312 g/mol. The van der Waals surface area contributed by atoms with Crippen molar-refractivity contribution in [1.82, 2.24) is 19.5 Å². The second kappa shape index (κ2) is 5.82. The van der Waals surface area contributed by atoms with Gasteiger partial charge in [0.05, 0.1) is 18.0 Å². The number of aromatic nitrogens is 3. The van der Waals surface area contributed by atoms with Crippen LogP contribution in [-0.4, -0.2) is 44.8 Å². The summed E-state index contributed by atoms with van der Waals surface area (Å²) >= 11 is 1.49. The smallest absolute Gasteiger partial charge is 0.230 e. The number of ether oxygens (including phenoxy) is 1. The molecule has 0 bridgehead atoms. The Hall–Kier alpha value is -2.12. The fourth-order valence-corrected chi connectivity index (χ4v) is 4.30. The molecule has 0 aliphatic carbocycles. The van der Waals surface area contributed by atoms with Crippen molar-refractivity contribution in [2.45, 2.75) is 18.9 Å². The van der Waals surface area contributed by atoms with E-state index in [2.05, 4.69) is 21.0 Å². The van der Waals surface area contributed by atoms with E-state index in [9.17, 15) is 5.11 Å². The fraction of sp³-hybridized carbons (Fsp3) is 0.375. The van der Waals surface area contributed by atoms with E-state index in [1.807, 2.05) is 18.2 Å². The molecule has 1 unspecified atom stereocenters. The van der Waals surface area contributed by atoms with Crippen molar-refractivity contribution in [1.29, 1.82) is 0 Å². The number of nitrogens with zero attached hydrogens (tertiary/aromatic N) is 4. The van der Waals surface area contributed by atoms with E-state index in [0.717, 1.165) is 29.3 Å². The highest BCUT2D eigenvalue weighted by Gasteiger charge is 2.30. The quantitative estimate of drug-likeness (QED) is 0.797. The van der Waals surface area contributed by atoms with Gasteiger partial charge in [-0.2, -0.15) is 9.61 Å². The van der Waals surface area contributed by atoms with Crippen molar-refractivity contribution in [2.24, 2.45) is 0 Å². The lowest BCUT2D eigenvalue weighted by molar-refractivity contribution is 0.276. The summed E-state index contributed by atoms with van der Waals surface area (Å²) in [6.45, 7) is 2.05. The highest BCUT2D eigenvalue weighted by Crippen LogP contribution is 2.41. The molecule has 23 heavy (non-hydrogen) atoms. The number of thiazole rings is 1. The number of hydrogen-bond acceptors (Lipinski definition) is 6. The first-order chi connectivity index (χ1) is 11.3. The molecule has 0 saturated carbocycles. The zero-order chi connectivity index (χ0) is 15.8. The van der Waals surface area contributed by atoms with Crippen molar-refractivity contribution in [3.63, 3.8) is 0 Å². The largest absolute Gasteiger partial charge is 0.497 e. The van der Waals surface area contributed by atoms with E-state index in [1.54, 1.807) is 7.11 Å². The molecule has 2 aromatic heterocycles. The van der Waals surface area contributed by atoms with Crippen LogP contribution in [0.4, 0.5) is 0 Å². The standard InChI is InChI=1S/C16H18N4O2S/c1-22-12-6-4-5-11(9-12)13(19-7-2-3-8-19)14-15(21)20-16(23-14)17-10-18-20/h4-6,9-10,13,21H,2-3,7-8H2,1H3. The molecule has 6 nitrogen and oxygen atoms in total. The Morgan fingerprint density at radius 2 is 2.13 bits per heavy atom. The maximum atomic E-state index is 10.6. The minimum atomic E-state index is 0.00102. The van der Waals surface area contributed by atoms with Gasteiger partial charge >= 0.3 is 0 Å². The molecule has 1 fully saturated rings. The molecule has 120 valence electrons. The van der Waals surface area contributed by atoms with Gasteiger partial charge in [0.1, 0.15) is 12.1 Å². The Balaban J connectivity index is 1.84. The molecule has 7 heteroatoms. The van der Waals surface area contributed by atoms with Crippen LogP contribution in [0.25, 0.3) is 4.96 Å². The third-order valence-corrected chi connectivity index (χ3v) is 5.39. The van der Waals surface area contributed by atoms with Crippen molar-refractivity contribution in [3.05, 3.63) is 41.0 Å². The average molecular weight is 330 g/mol. The van der Waals surface area contributed by atoms with Crippen LogP contribution < -0.4 is 4.74 Å². The predicted molar refractivity (Wildman–Crippen MR) is 88.2 cm³/mol. The van der Waals surface area contributed by atoms with Crippen LogP contribution in [-0.2, 0) is 0 Å². The SMILES string of the molecule is COc1cccc(C(c2sc3ncnn3c2O)N2CCCC2)c1. The molecule has 0 radical (unpaired) electrons. The maximum absolute atomic E-state index is 10.6. The third kappa shape index (κ3) is 2.46. The number of likely N-dealkylation sites (tertiary alicyclic amines) is 1. The highest BCUT2D eigenvalue weighted by molar-refractivity contribution is 7.17. The van der Waals surface area contributed by atoms with Gasteiger partial charge < -0.3 is 9.84 Å². The van der Waals surface area contributed by atoms with Crippen LogP contribution in [0.2, 0.25) is 0 Å². The number of aromatic hydroxyl groups is 1. The molecular formula is C16H18N4O2S. The lowest BCUT2D eigenvalue weighted by atomic mass is 10.0. The van der Waals surface area contributed by atoms with Gasteiger partial charge in [0.15, 0.2) is 0 Å². The highest BCUT2D eigenvalue weighted by atomic mass is 32.1. The lowest BCUT2D eigenvalue weighted by Gasteiger charge is -2.27. The van der Waals surface area contributed by atoms with E-state index in [-0.39, 0.29) is 11.9 Å². The van der Waals surface area contributed by atoms with Crippen molar-refractivity contribution in [3.8, 4) is 11.6 Å². The maximum Gasteiger partial charge on any atom is 0.230 e. The number of benzene rings is 1. The molecule has 1 aliphatic rings. The molecule has 1 aromatic carbocycles. The van der Waals surface area contributed by atoms with Crippen LogP contribution in [0.1, 0.15) is 29.3 Å². The Labute approximate surface area is 138 Å². The topological polar surface area (TPSA) is 62.9 Å². The summed E-state index contributed by atoms with van der Waals surface area (Å²) in [5.41, 5.74) is 1.12. The molecule has 3 heterocycles. The van der Waals surface area contributed by atoms with Crippen molar-refractivity contribution >= 4 is 16.3 Å². The number of fused-ring (bicyclic) bond motifs is 1. The van der Waals surface area contributed by atoms with E-state index >= 15 is 0 Å². The van der Waals surface area contributed by atoms with Gasteiger partial charge in [-0.15, -0.1) is 0 Å². The molecule has 1 saturated heterocycles. The average Bonchev–Trinajstić information content (AvgIpc) is 3.29. The molecule has 4 rings (SSSR count). The minimum absolute atomic E-state index is 0.00102. The van der Waals surface area contributed by atoms with Gasteiger partial charge in [-0.3, -0.25) is 4.90 Å². The zero-order valence-corrected chi connectivity index (χ0v) is 13.7. The molecule has 1 aliphatic heterocycles. The van der Waals surface area contributed by atoms with E-state index in [1.165, 1.54) is 35.0 Å². The first-order valence-electron chi connectivity index (χ1n) is 7.67. The van der Waals surface area contributed by atoms with E-state index in [4.69, 9.17) is 4.74 Å². The first kappa shape index (κ1) is 14.5. The number of rotatable bonds is 4. The second-order valence-electron chi connectivity index (χ2n) is 5.67. The first-order valence-corrected chi connectivity index (χ1v) is 8.49.